The molecule has 0 aromatic heterocycles. The van der Waals surface area contributed by atoms with Crippen molar-refractivity contribution in [1.29, 1.82) is 5.26 Å². The summed E-state index contributed by atoms with van der Waals surface area (Å²) in [4.78, 5) is 0. The number of nitrogens with zero attached hydrogens (tertiary/aromatic N) is 1. The van der Waals surface area contributed by atoms with E-state index in [1.807, 2.05) is 0 Å². The minimum absolute atomic E-state index is 0.429. The van der Waals surface area contributed by atoms with Gasteiger partial charge in [0.2, 0.25) is 0 Å². The van der Waals surface area contributed by atoms with Gasteiger partial charge in [0.25, 0.3) is 6.26 Å². The van der Waals surface area contributed by atoms with Crippen molar-refractivity contribution in [2.24, 2.45) is 0 Å². The maximum absolute atomic E-state index is 12.7. The van der Waals surface area contributed by atoms with Crippen LogP contribution in [-0.4, -0.2) is 0 Å². The number of hydrogen-bond acceptors (Lipinski definition) is 2. The predicted octanol–water partition coefficient (Wildman–Crippen LogP) is 2.70. The summed E-state index contributed by atoms with van der Waals surface area (Å²) in [5.41, 5.74) is -1.07. The second-order valence-electron chi connectivity index (χ2n) is 2.34. The van der Waals surface area contributed by atoms with E-state index in [1.165, 1.54) is 0 Å². The summed E-state index contributed by atoms with van der Waals surface area (Å²) in [6, 6.07) is 1.59. The second kappa shape index (κ2) is 3.54. The first-order valence-electron chi connectivity index (χ1n) is 3.38. The van der Waals surface area contributed by atoms with Crippen LogP contribution in [0.15, 0.2) is 18.2 Å². The van der Waals surface area contributed by atoms with Crippen LogP contribution in [0.1, 0.15) is 5.56 Å². The first kappa shape index (κ1) is 10.3. The van der Waals surface area contributed by atoms with E-state index < -0.39 is 23.3 Å². The molecule has 1 aromatic rings. The van der Waals surface area contributed by atoms with Crippen molar-refractivity contribution in [3.8, 4) is 12.0 Å². The zero-order valence-corrected chi connectivity index (χ0v) is 6.60. The maximum Gasteiger partial charge on any atom is 0.416 e. The molecule has 74 valence electrons. The quantitative estimate of drug-likeness (QED) is 0.521. The molecule has 0 saturated heterocycles. The predicted molar refractivity (Wildman–Crippen MR) is 37.6 cm³/mol. The van der Waals surface area contributed by atoms with Crippen molar-refractivity contribution < 1.29 is 22.3 Å². The molecule has 0 saturated carbocycles. The Hall–Kier alpha value is -1.77. The van der Waals surface area contributed by atoms with Crippen molar-refractivity contribution in [2.45, 2.75) is 6.18 Å². The molecule has 0 aliphatic heterocycles. The second-order valence-corrected chi connectivity index (χ2v) is 2.34. The van der Waals surface area contributed by atoms with Crippen LogP contribution in [0.5, 0.6) is 5.75 Å². The Balaban J connectivity index is 3.14. The molecule has 1 rings (SSSR count). The smallest absolute Gasteiger partial charge is 0.385 e. The highest BCUT2D eigenvalue weighted by Crippen LogP contribution is 2.32. The average Bonchev–Trinajstić information content (AvgIpc) is 2.07. The molecule has 0 amide bonds. The van der Waals surface area contributed by atoms with Gasteiger partial charge in [-0.05, 0) is 18.2 Å². The highest BCUT2D eigenvalue weighted by atomic mass is 19.4. The van der Waals surface area contributed by atoms with Crippen molar-refractivity contribution >= 4 is 0 Å². The summed E-state index contributed by atoms with van der Waals surface area (Å²) in [6.07, 6.45) is -3.49. The number of alkyl halides is 3. The number of ether oxygens (including phenoxy) is 1. The molecular formula is C8H3F4NO. The van der Waals surface area contributed by atoms with Gasteiger partial charge in [0, 0.05) is 0 Å². The normalized spacial score (nSPS) is 10.8. The van der Waals surface area contributed by atoms with Gasteiger partial charge in [-0.25, -0.2) is 4.39 Å². The third kappa shape index (κ3) is 2.13. The Morgan fingerprint density at radius 2 is 1.93 bits per heavy atom. The first-order valence-corrected chi connectivity index (χ1v) is 3.38. The van der Waals surface area contributed by atoms with Gasteiger partial charge >= 0.3 is 6.18 Å². The number of halogens is 4. The monoisotopic (exact) mass is 205 g/mol. The molecule has 0 atom stereocenters. The highest BCUT2D eigenvalue weighted by Gasteiger charge is 2.31. The van der Waals surface area contributed by atoms with Crippen LogP contribution >= 0.6 is 0 Å². The fraction of sp³-hybridized carbons (Fsp3) is 0.125. The lowest BCUT2D eigenvalue weighted by Gasteiger charge is -2.07. The van der Waals surface area contributed by atoms with Crippen molar-refractivity contribution in [2.75, 3.05) is 0 Å². The van der Waals surface area contributed by atoms with E-state index in [9.17, 15) is 17.6 Å². The molecule has 0 aliphatic carbocycles. The van der Waals surface area contributed by atoms with E-state index >= 15 is 0 Å². The molecule has 0 N–H and O–H groups in total. The van der Waals surface area contributed by atoms with Gasteiger partial charge in [-0.3, -0.25) is 0 Å². The lowest BCUT2D eigenvalue weighted by Crippen LogP contribution is -2.05. The molecule has 0 radical (unpaired) electrons. The van der Waals surface area contributed by atoms with Gasteiger partial charge < -0.3 is 4.74 Å². The van der Waals surface area contributed by atoms with Crippen LogP contribution in [-0.2, 0) is 6.18 Å². The molecule has 14 heavy (non-hydrogen) atoms. The van der Waals surface area contributed by atoms with Gasteiger partial charge in [-0.1, -0.05) is 0 Å². The molecule has 1 aromatic carbocycles. The minimum Gasteiger partial charge on any atom is -0.385 e. The summed E-state index contributed by atoms with van der Waals surface area (Å²) in [6.45, 7) is 0. The van der Waals surface area contributed by atoms with Gasteiger partial charge in [0.15, 0.2) is 11.6 Å². The topological polar surface area (TPSA) is 33.0 Å². The van der Waals surface area contributed by atoms with Gasteiger partial charge in [-0.2, -0.15) is 13.2 Å². The average molecular weight is 205 g/mol. The third-order valence-corrected chi connectivity index (χ3v) is 1.41. The summed E-state index contributed by atoms with van der Waals surface area (Å²) in [5.74, 6) is -1.75. The van der Waals surface area contributed by atoms with Crippen LogP contribution < -0.4 is 4.74 Å². The fourth-order valence-electron chi connectivity index (χ4n) is 0.807. The molecule has 0 unspecified atom stereocenters. The Kier molecular flexibility index (Phi) is 2.60. The fourth-order valence-corrected chi connectivity index (χ4v) is 0.807. The Labute approximate surface area is 76.3 Å². The standard InChI is InChI=1S/C8H3F4NO/c9-6-2-1-5(8(10,11)12)3-7(6)14-4-13/h1-3H. The van der Waals surface area contributed by atoms with Crippen LogP contribution in [0, 0.1) is 17.3 Å². The zero-order chi connectivity index (χ0) is 10.8. The van der Waals surface area contributed by atoms with Gasteiger partial charge in [0.05, 0.1) is 5.56 Å². The Morgan fingerprint density at radius 1 is 1.29 bits per heavy atom. The maximum atomic E-state index is 12.7. The van der Waals surface area contributed by atoms with E-state index in [1.54, 1.807) is 0 Å². The SMILES string of the molecule is N#COc1cc(C(F)(F)F)ccc1F. The molecule has 0 heterocycles. The minimum atomic E-state index is -4.58. The molecule has 0 bridgehead atoms. The van der Waals surface area contributed by atoms with Crippen LogP contribution in [0.25, 0.3) is 0 Å². The van der Waals surface area contributed by atoms with E-state index in [0.717, 1.165) is 6.26 Å². The zero-order valence-electron chi connectivity index (χ0n) is 6.60. The summed E-state index contributed by atoms with van der Waals surface area (Å²) < 4.78 is 52.9. The van der Waals surface area contributed by atoms with E-state index in [4.69, 9.17) is 5.26 Å². The molecule has 6 heteroatoms. The number of hydrogen-bond donors (Lipinski definition) is 0. The lowest BCUT2D eigenvalue weighted by atomic mass is 10.2. The molecular weight excluding hydrogens is 202 g/mol. The van der Waals surface area contributed by atoms with Crippen LogP contribution in [0.3, 0.4) is 0 Å². The van der Waals surface area contributed by atoms with Gasteiger partial charge in [-0.15, -0.1) is 5.26 Å². The first-order chi connectivity index (χ1) is 6.45. The van der Waals surface area contributed by atoms with Crippen molar-refractivity contribution in [3.05, 3.63) is 29.6 Å². The number of benzene rings is 1. The van der Waals surface area contributed by atoms with E-state index in [-0.39, 0.29) is 0 Å². The lowest BCUT2D eigenvalue weighted by molar-refractivity contribution is -0.137. The van der Waals surface area contributed by atoms with E-state index in [2.05, 4.69) is 4.74 Å². The Bertz CT molecular complexity index is 380. The molecule has 0 spiro atoms. The number of rotatable bonds is 1. The molecule has 2 nitrogen and oxygen atoms in total. The molecule has 0 aliphatic rings. The van der Waals surface area contributed by atoms with Gasteiger partial charge in [0.1, 0.15) is 0 Å². The third-order valence-electron chi connectivity index (χ3n) is 1.41. The van der Waals surface area contributed by atoms with Crippen LogP contribution in [0.2, 0.25) is 0 Å². The Morgan fingerprint density at radius 3 is 2.43 bits per heavy atom. The largest absolute Gasteiger partial charge is 0.416 e. The summed E-state index contributed by atoms with van der Waals surface area (Å²) in [5, 5.41) is 8.02. The highest BCUT2D eigenvalue weighted by molar-refractivity contribution is 5.32. The number of nitriles is 1. The summed E-state index contributed by atoms with van der Waals surface area (Å²) >= 11 is 0. The summed E-state index contributed by atoms with van der Waals surface area (Å²) in [7, 11) is 0. The van der Waals surface area contributed by atoms with Crippen LogP contribution in [0.4, 0.5) is 17.6 Å². The van der Waals surface area contributed by atoms with Crippen molar-refractivity contribution in [1.82, 2.24) is 0 Å². The van der Waals surface area contributed by atoms with Crippen molar-refractivity contribution in [3.63, 3.8) is 0 Å². The molecule has 0 fully saturated rings. The van der Waals surface area contributed by atoms with E-state index in [0.29, 0.717) is 18.2 Å².